The molecule has 11 heteroatoms. The highest BCUT2D eigenvalue weighted by Crippen LogP contribution is 2.31. The Bertz CT molecular complexity index is 887. The molecule has 3 aromatic rings. The molecule has 0 bridgehead atoms. The zero-order valence-electron chi connectivity index (χ0n) is 11.8. The van der Waals surface area contributed by atoms with Crippen molar-refractivity contribution < 1.29 is 22.5 Å². The molecule has 0 spiro atoms. The van der Waals surface area contributed by atoms with Gasteiger partial charge in [-0.2, -0.15) is 17.9 Å². The number of halogens is 3. The highest BCUT2D eigenvalue weighted by molar-refractivity contribution is 5.54. The van der Waals surface area contributed by atoms with Crippen molar-refractivity contribution in [1.29, 1.82) is 0 Å². The molecular weight excluding hydrogens is 331 g/mol. The first kappa shape index (κ1) is 15.6. The van der Waals surface area contributed by atoms with Gasteiger partial charge in [-0.05, 0) is 23.1 Å². The van der Waals surface area contributed by atoms with Crippen LogP contribution in [0.2, 0.25) is 0 Å². The maximum absolute atomic E-state index is 12.7. The highest BCUT2D eigenvalue weighted by Gasteiger charge is 2.30. The fourth-order valence-corrected chi connectivity index (χ4v) is 1.94. The molecule has 2 aromatic heterocycles. The number of nitro groups is 1. The van der Waals surface area contributed by atoms with E-state index in [0.717, 1.165) is 12.1 Å². The molecule has 2 heterocycles. The predicted molar refractivity (Wildman–Crippen MR) is 72.7 cm³/mol. The first-order chi connectivity index (χ1) is 11.3. The minimum absolute atomic E-state index is 0.0419. The van der Waals surface area contributed by atoms with E-state index in [1.54, 1.807) is 0 Å². The van der Waals surface area contributed by atoms with E-state index in [4.69, 9.17) is 4.42 Å². The Morgan fingerprint density at radius 1 is 1.25 bits per heavy atom. The Labute approximate surface area is 131 Å². The average Bonchev–Trinajstić information content (AvgIpc) is 3.16. The van der Waals surface area contributed by atoms with Crippen LogP contribution in [0.5, 0.6) is 0 Å². The summed E-state index contributed by atoms with van der Waals surface area (Å²) in [5.74, 6) is -0.370. The van der Waals surface area contributed by atoms with Crippen LogP contribution in [-0.4, -0.2) is 24.9 Å². The molecule has 0 aliphatic heterocycles. The third-order valence-corrected chi connectivity index (χ3v) is 3.01. The van der Waals surface area contributed by atoms with Crippen molar-refractivity contribution >= 4 is 5.82 Å². The molecule has 0 amide bonds. The van der Waals surface area contributed by atoms with Gasteiger partial charge in [-0.1, -0.05) is 6.07 Å². The minimum atomic E-state index is -4.48. The largest absolute Gasteiger partial charge is 0.419 e. The summed E-state index contributed by atoms with van der Waals surface area (Å²) in [5, 5.41) is 21.6. The van der Waals surface area contributed by atoms with Gasteiger partial charge < -0.3 is 14.5 Å². The number of rotatable bonds is 4. The summed E-state index contributed by atoms with van der Waals surface area (Å²) >= 11 is 0. The first-order valence-electron chi connectivity index (χ1n) is 6.51. The zero-order valence-corrected chi connectivity index (χ0v) is 11.8. The van der Waals surface area contributed by atoms with Gasteiger partial charge >= 0.3 is 12.0 Å². The van der Waals surface area contributed by atoms with Crippen molar-refractivity contribution in [2.24, 2.45) is 0 Å². The molecule has 0 aliphatic carbocycles. The van der Waals surface area contributed by atoms with E-state index in [9.17, 15) is 23.3 Å². The Balaban J connectivity index is 1.81. The molecule has 8 nitrogen and oxygen atoms in total. The van der Waals surface area contributed by atoms with Crippen LogP contribution in [0.25, 0.3) is 11.5 Å². The third kappa shape index (κ3) is 3.24. The van der Waals surface area contributed by atoms with Crippen molar-refractivity contribution in [2.45, 2.75) is 12.7 Å². The molecule has 0 saturated carbocycles. The highest BCUT2D eigenvalue weighted by atomic mass is 19.4. The van der Waals surface area contributed by atoms with E-state index in [0.29, 0.717) is 0 Å². The smallest absolute Gasteiger partial charge is 0.416 e. The molecule has 0 aliphatic rings. The summed E-state index contributed by atoms with van der Waals surface area (Å²) in [6.45, 7) is -0.0419. The second kappa shape index (κ2) is 5.76. The topological polar surface area (TPSA) is 99.9 Å². The van der Waals surface area contributed by atoms with Crippen molar-refractivity contribution in [2.75, 3.05) is 0 Å². The Morgan fingerprint density at radius 3 is 2.71 bits per heavy atom. The van der Waals surface area contributed by atoms with Gasteiger partial charge in [0.25, 0.3) is 0 Å². The average molecular weight is 339 g/mol. The van der Waals surface area contributed by atoms with Crippen LogP contribution in [0, 0.1) is 10.1 Å². The first-order valence-corrected chi connectivity index (χ1v) is 6.51. The van der Waals surface area contributed by atoms with E-state index in [-0.39, 0.29) is 29.7 Å². The standard InChI is InChI=1S/C13H8F3N5O3/c14-13(15,16)9-3-1-2-8(6-9)12-18-17-11(24-12)7-20-5-4-10(19-20)21(22)23/h1-6H,7H2. The van der Waals surface area contributed by atoms with Gasteiger partial charge in [0.15, 0.2) is 0 Å². The van der Waals surface area contributed by atoms with Crippen LogP contribution >= 0.6 is 0 Å². The fourth-order valence-electron chi connectivity index (χ4n) is 1.94. The van der Waals surface area contributed by atoms with E-state index >= 15 is 0 Å². The normalized spacial score (nSPS) is 11.6. The van der Waals surface area contributed by atoms with Crippen molar-refractivity contribution in [3.05, 3.63) is 58.1 Å². The summed E-state index contributed by atoms with van der Waals surface area (Å²) < 4.78 is 44.6. The molecule has 0 N–H and O–H groups in total. The lowest BCUT2D eigenvalue weighted by Crippen LogP contribution is -2.04. The molecular formula is C13H8F3N5O3. The summed E-state index contributed by atoms with van der Waals surface area (Å²) in [6.07, 6.45) is -3.13. The number of nitrogens with zero attached hydrogens (tertiary/aromatic N) is 5. The van der Waals surface area contributed by atoms with Gasteiger partial charge in [-0.3, -0.25) is 0 Å². The predicted octanol–water partition coefficient (Wildman–Crippen LogP) is 2.91. The van der Waals surface area contributed by atoms with Gasteiger partial charge in [0.1, 0.15) is 6.54 Å². The van der Waals surface area contributed by atoms with E-state index in [1.807, 2.05) is 0 Å². The summed E-state index contributed by atoms with van der Waals surface area (Å²) in [5.41, 5.74) is -0.711. The Morgan fingerprint density at radius 2 is 2.04 bits per heavy atom. The summed E-state index contributed by atoms with van der Waals surface area (Å²) in [7, 11) is 0. The lowest BCUT2D eigenvalue weighted by Gasteiger charge is -2.06. The maximum Gasteiger partial charge on any atom is 0.416 e. The van der Waals surface area contributed by atoms with Crippen LogP contribution < -0.4 is 0 Å². The molecule has 3 rings (SSSR count). The number of alkyl halides is 3. The molecule has 0 atom stereocenters. The van der Waals surface area contributed by atoms with Gasteiger partial charge in [-0.25, -0.2) is 0 Å². The van der Waals surface area contributed by atoms with E-state index < -0.39 is 16.7 Å². The van der Waals surface area contributed by atoms with Gasteiger partial charge in [0, 0.05) is 5.56 Å². The molecule has 1 aromatic carbocycles. The lowest BCUT2D eigenvalue weighted by atomic mass is 10.1. The van der Waals surface area contributed by atoms with Gasteiger partial charge in [0.05, 0.1) is 22.9 Å². The number of aromatic nitrogens is 4. The Hall–Kier alpha value is -3.24. The quantitative estimate of drug-likeness (QED) is 0.535. The summed E-state index contributed by atoms with van der Waals surface area (Å²) in [6, 6.07) is 5.67. The van der Waals surface area contributed by atoms with Gasteiger partial charge in [0.2, 0.25) is 11.8 Å². The second-order valence-electron chi connectivity index (χ2n) is 4.71. The van der Waals surface area contributed by atoms with Crippen LogP contribution in [0.4, 0.5) is 19.0 Å². The molecule has 0 unspecified atom stereocenters. The van der Waals surface area contributed by atoms with Crippen LogP contribution in [-0.2, 0) is 12.7 Å². The van der Waals surface area contributed by atoms with Crippen LogP contribution in [0.3, 0.4) is 0 Å². The van der Waals surface area contributed by atoms with Crippen LogP contribution in [0.15, 0.2) is 40.9 Å². The minimum Gasteiger partial charge on any atom is -0.419 e. The van der Waals surface area contributed by atoms with Crippen molar-refractivity contribution in [3.63, 3.8) is 0 Å². The van der Waals surface area contributed by atoms with E-state index in [2.05, 4.69) is 15.3 Å². The fraction of sp³-hybridized carbons (Fsp3) is 0.154. The monoisotopic (exact) mass is 339 g/mol. The van der Waals surface area contributed by atoms with Crippen molar-refractivity contribution in [3.8, 4) is 11.5 Å². The third-order valence-electron chi connectivity index (χ3n) is 3.01. The maximum atomic E-state index is 12.7. The Kier molecular flexibility index (Phi) is 3.75. The zero-order chi connectivity index (χ0) is 17.3. The van der Waals surface area contributed by atoms with Gasteiger partial charge in [-0.15, -0.1) is 10.2 Å². The SMILES string of the molecule is O=[N+]([O-])c1ccn(Cc2nnc(-c3cccc(C(F)(F)F)c3)o2)n1. The molecule has 0 saturated heterocycles. The van der Waals surface area contributed by atoms with Crippen molar-refractivity contribution in [1.82, 2.24) is 20.0 Å². The van der Waals surface area contributed by atoms with E-state index in [1.165, 1.54) is 29.1 Å². The second-order valence-corrected chi connectivity index (χ2v) is 4.71. The molecule has 0 fully saturated rings. The molecule has 24 heavy (non-hydrogen) atoms. The lowest BCUT2D eigenvalue weighted by molar-refractivity contribution is -0.389. The molecule has 124 valence electrons. The summed E-state index contributed by atoms with van der Waals surface area (Å²) in [4.78, 5) is 9.90. The number of benzene rings is 1. The molecule has 0 radical (unpaired) electrons. The van der Waals surface area contributed by atoms with Crippen LogP contribution in [0.1, 0.15) is 11.5 Å². The number of hydrogen-bond acceptors (Lipinski definition) is 6. The number of hydrogen-bond donors (Lipinski definition) is 0.